The molecule has 0 radical (unpaired) electrons. The van der Waals surface area contributed by atoms with E-state index in [1.807, 2.05) is 0 Å². The smallest absolute Gasteiger partial charge is 0.431 e. The van der Waals surface area contributed by atoms with Crippen LogP contribution in [-0.2, 0) is 10.0 Å². The number of rotatable bonds is 12. The molecule has 164 valence electrons. The second kappa shape index (κ2) is 9.70. The molecule has 0 aliphatic rings. The Labute approximate surface area is 154 Å². The largest absolute Gasteiger partial charge is 0.633 e. The van der Waals surface area contributed by atoms with Gasteiger partial charge in [0.25, 0.3) is 5.67 Å². The average Bonchev–Trinajstić information content (AvgIpc) is 2.43. The highest BCUT2D eigenvalue weighted by Gasteiger charge is 2.71. The van der Waals surface area contributed by atoms with Gasteiger partial charge in [-0.15, -0.1) is 0 Å². The summed E-state index contributed by atoms with van der Waals surface area (Å²) in [6.07, 6.45) is -14.4. The van der Waals surface area contributed by atoms with Crippen LogP contribution in [-0.4, -0.2) is 64.0 Å². The Bertz CT molecular complexity index is 528. The summed E-state index contributed by atoms with van der Waals surface area (Å²) < 4.78 is 112. The van der Waals surface area contributed by atoms with Gasteiger partial charge in [-0.3, -0.25) is 0 Å². The molecule has 13 heteroatoms. The van der Waals surface area contributed by atoms with E-state index >= 15 is 0 Å². The summed E-state index contributed by atoms with van der Waals surface area (Å²) in [4.78, 5) is 0. The Kier molecular flexibility index (Phi) is 9.46. The first-order valence-corrected chi connectivity index (χ1v) is 9.90. The van der Waals surface area contributed by atoms with Gasteiger partial charge < -0.3 is 9.85 Å². The van der Waals surface area contributed by atoms with E-state index in [2.05, 4.69) is 4.72 Å². The van der Waals surface area contributed by atoms with Gasteiger partial charge in [-0.25, -0.2) is 17.5 Å². The minimum Gasteiger partial charge on any atom is -0.633 e. The Morgan fingerprint density at radius 1 is 0.852 bits per heavy atom. The molecule has 0 saturated carbocycles. The Balaban J connectivity index is 4.18. The van der Waals surface area contributed by atoms with E-state index in [1.54, 1.807) is 0 Å². The van der Waals surface area contributed by atoms with E-state index in [0.29, 0.717) is 6.42 Å². The summed E-state index contributed by atoms with van der Waals surface area (Å²) >= 11 is 0. The predicted molar refractivity (Wildman–Crippen MR) is 85.8 cm³/mol. The molecule has 0 bridgehead atoms. The first-order valence-electron chi connectivity index (χ1n) is 8.25. The monoisotopic (exact) mass is 434 g/mol. The minimum absolute atomic E-state index is 0.00969. The summed E-state index contributed by atoms with van der Waals surface area (Å²) in [6.45, 7) is 0.250. The third-order valence-electron chi connectivity index (χ3n) is 3.78. The van der Waals surface area contributed by atoms with Gasteiger partial charge in [-0.05, 0) is 19.3 Å². The van der Waals surface area contributed by atoms with Crippen molar-refractivity contribution in [1.82, 2.24) is 4.72 Å². The third-order valence-corrected chi connectivity index (χ3v) is 5.25. The van der Waals surface area contributed by atoms with Crippen LogP contribution < -0.4 is 4.72 Å². The average molecular weight is 434 g/mol. The second-order valence-corrected chi connectivity index (χ2v) is 8.75. The van der Waals surface area contributed by atoms with Crippen LogP contribution in [0.1, 0.15) is 38.5 Å². The maximum atomic E-state index is 13.4. The highest BCUT2D eigenvalue weighted by Crippen LogP contribution is 2.49. The van der Waals surface area contributed by atoms with Crippen molar-refractivity contribution >= 4 is 10.0 Å². The lowest BCUT2D eigenvalue weighted by Crippen LogP contribution is -2.53. The van der Waals surface area contributed by atoms with Gasteiger partial charge in [-0.1, -0.05) is 12.8 Å². The molecule has 5 nitrogen and oxygen atoms in total. The maximum Gasteiger partial charge on any atom is 0.431 e. The zero-order valence-electron chi connectivity index (χ0n) is 15.1. The van der Waals surface area contributed by atoms with Gasteiger partial charge in [0.2, 0.25) is 10.0 Å². The quantitative estimate of drug-likeness (QED) is 0.221. The Hall–Kier alpha value is -0.660. The van der Waals surface area contributed by atoms with Crippen LogP contribution in [0.3, 0.4) is 0 Å². The molecule has 1 N–H and O–H groups in total. The summed E-state index contributed by atoms with van der Waals surface area (Å²) in [5.41, 5.74) is -5.26. The maximum absolute atomic E-state index is 13.4. The molecular weight excluding hydrogens is 409 g/mol. The van der Waals surface area contributed by atoms with Crippen LogP contribution in [0.5, 0.6) is 0 Å². The van der Waals surface area contributed by atoms with E-state index in [4.69, 9.17) is 0 Å². The molecule has 0 rings (SSSR count). The highest BCUT2D eigenvalue weighted by atomic mass is 32.2. The summed E-state index contributed by atoms with van der Waals surface area (Å²) in [5, 5.41) is 11.3. The molecule has 0 aromatic carbocycles. The SMILES string of the molecule is C[N+](C)([O-])CCCNS(=O)(=O)CCCCCCC(F)(C(F)(F)F)C(F)(F)F. The van der Waals surface area contributed by atoms with Crippen molar-refractivity contribution < 1.29 is 43.8 Å². The summed E-state index contributed by atoms with van der Waals surface area (Å²) in [5.74, 6) is -0.359. The lowest BCUT2D eigenvalue weighted by molar-refractivity contribution is -0.840. The summed E-state index contributed by atoms with van der Waals surface area (Å²) in [6, 6.07) is 0. The molecule has 0 fully saturated rings. The Morgan fingerprint density at radius 2 is 1.33 bits per heavy atom. The molecule has 27 heavy (non-hydrogen) atoms. The van der Waals surface area contributed by atoms with Gasteiger partial charge >= 0.3 is 12.4 Å². The fourth-order valence-electron chi connectivity index (χ4n) is 2.22. The van der Waals surface area contributed by atoms with Crippen LogP contribution in [0.15, 0.2) is 0 Å². The van der Waals surface area contributed by atoms with Crippen LogP contribution in [0.2, 0.25) is 0 Å². The van der Waals surface area contributed by atoms with Gasteiger partial charge in [0.1, 0.15) is 0 Å². The molecule has 0 heterocycles. The van der Waals surface area contributed by atoms with Crippen LogP contribution in [0, 0.1) is 5.21 Å². The third kappa shape index (κ3) is 9.90. The molecule has 0 atom stereocenters. The molecule has 0 saturated heterocycles. The molecular formula is C14H25F7N2O3S. The molecule has 0 spiro atoms. The van der Waals surface area contributed by atoms with Crippen molar-refractivity contribution in [2.45, 2.75) is 56.5 Å². The number of hydroxylamine groups is 3. The van der Waals surface area contributed by atoms with E-state index in [0.717, 1.165) is 0 Å². The zero-order chi connectivity index (χ0) is 21.6. The fraction of sp³-hybridized carbons (Fsp3) is 1.00. The van der Waals surface area contributed by atoms with E-state index < -0.39 is 45.5 Å². The van der Waals surface area contributed by atoms with Crippen LogP contribution in [0.25, 0.3) is 0 Å². The second-order valence-electron chi connectivity index (χ2n) is 6.83. The zero-order valence-corrected chi connectivity index (χ0v) is 15.9. The van der Waals surface area contributed by atoms with Crippen molar-refractivity contribution in [2.75, 3.05) is 32.9 Å². The number of nitrogens with zero attached hydrogens (tertiary/aromatic N) is 1. The molecule has 0 aromatic rings. The van der Waals surface area contributed by atoms with Gasteiger partial charge in [0.15, 0.2) is 0 Å². The van der Waals surface area contributed by atoms with E-state index in [9.17, 15) is 44.4 Å². The minimum atomic E-state index is -6.06. The number of halogens is 7. The molecule has 0 amide bonds. The van der Waals surface area contributed by atoms with Gasteiger partial charge in [-0.2, -0.15) is 26.3 Å². The number of hydrogen-bond donors (Lipinski definition) is 1. The standard InChI is InChI=1S/C14H25F7N2O3S/c1-23(2,24)10-7-9-22-27(25,26)11-6-4-3-5-8-12(15,13(16,17)18)14(19,20)21/h22H,3-11H2,1-2H3. The van der Waals surface area contributed by atoms with Gasteiger partial charge in [0.05, 0.1) is 26.4 Å². The molecule has 0 aliphatic carbocycles. The van der Waals surface area contributed by atoms with Crippen LogP contribution >= 0.6 is 0 Å². The normalized spacial score (nSPS) is 14.6. The topological polar surface area (TPSA) is 69.2 Å². The van der Waals surface area contributed by atoms with Crippen molar-refractivity contribution in [3.63, 3.8) is 0 Å². The van der Waals surface area contributed by atoms with Crippen molar-refractivity contribution in [1.29, 1.82) is 0 Å². The first-order chi connectivity index (χ1) is 11.9. The number of alkyl halides is 7. The number of sulfonamides is 1. The van der Waals surface area contributed by atoms with Gasteiger partial charge in [0, 0.05) is 13.0 Å². The number of nitrogens with one attached hydrogen (secondary N) is 1. The fourth-order valence-corrected chi connectivity index (χ4v) is 3.40. The summed E-state index contributed by atoms with van der Waals surface area (Å²) in [7, 11) is -0.853. The number of unbranched alkanes of at least 4 members (excludes halogenated alkanes) is 3. The first kappa shape index (κ1) is 26.3. The number of hydrogen-bond acceptors (Lipinski definition) is 3. The number of quaternary nitrogens is 1. The van der Waals surface area contributed by atoms with E-state index in [1.165, 1.54) is 14.1 Å². The predicted octanol–water partition coefficient (Wildman–Crippen LogP) is 3.65. The lowest BCUT2D eigenvalue weighted by Gasteiger charge is -2.33. The van der Waals surface area contributed by atoms with Crippen LogP contribution in [0.4, 0.5) is 30.7 Å². The molecule has 0 aromatic heterocycles. The highest BCUT2D eigenvalue weighted by molar-refractivity contribution is 7.89. The van der Waals surface area contributed by atoms with Crippen molar-refractivity contribution in [3.05, 3.63) is 5.21 Å². The van der Waals surface area contributed by atoms with E-state index in [-0.39, 0.29) is 38.1 Å². The molecule has 0 unspecified atom stereocenters. The Morgan fingerprint density at radius 3 is 1.78 bits per heavy atom. The lowest BCUT2D eigenvalue weighted by atomic mass is 9.96. The molecule has 0 aliphatic heterocycles. The van der Waals surface area contributed by atoms with Crippen molar-refractivity contribution in [3.8, 4) is 0 Å². The van der Waals surface area contributed by atoms with Crippen molar-refractivity contribution in [2.24, 2.45) is 0 Å².